The summed E-state index contributed by atoms with van der Waals surface area (Å²) >= 11 is 0. The molecule has 5 nitrogen and oxygen atoms in total. The Labute approximate surface area is 166 Å². The summed E-state index contributed by atoms with van der Waals surface area (Å²) in [6.45, 7) is 4.67. The molecule has 1 aliphatic rings. The van der Waals surface area contributed by atoms with Crippen molar-refractivity contribution in [3.05, 3.63) is 54.6 Å². The lowest BCUT2D eigenvalue weighted by Gasteiger charge is -2.32. The quantitative estimate of drug-likeness (QED) is 0.709. The van der Waals surface area contributed by atoms with Gasteiger partial charge in [0.2, 0.25) is 0 Å². The highest BCUT2D eigenvalue weighted by atomic mass is 16.5. The van der Waals surface area contributed by atoms with E-state index in [1.807, 2.05) is 49.4 Å². The molecule has 28 heavy (non-hydrogen) atoms. The summed E-state index contributed by atoms with van der Waals surface area (Å²) in [6.07, 6.45) is 1.01. The number of aliphatic hydroxyl groups excluding tert-OH is 1. The van der Waals surface area contributed by atoms with Gasteiger partial charge < -0.3 is 19.5 Å². The average molecular weight is 383 g/mol. The van der Waals surface area contributed by atoms with Crippen LogP contribution >= 0.6 is 0 Å². The van der Waals surface area contributed by atoms with Gasteiger partial charge in [0, 0.05) is 6.54 Å². The van der Waals surface area contributed by atoms with Crippen LogP contribution in [0.2, 0.25) is 0 Å². The fourth-order valence-electron chi connectivity index (χ4n) is 3.53. The highest BCUT2D eigenvalue weighted by Gasteiger charge is 2.26. The van der Waals surface area contributed by atoms with Crippen molar-refractivity contribution < 1.29 is 19.4 Å². The van der Waals surface area contributed by atoms with Crippen LogP contribution in [0.1, 0.15) is 19.8 Å². The molecule has 0 bridgehead atoms. The topological polar surface area (TPSA) is 59.0 Å². The van der Waals surface area contributed by atoms with Crippen LogP contribution in [0.5, 0.6) is 5.75 Å². The number of nitrogens with zero attached hydrogens (tertiary/aromatic N) is 1. The van der Waals surface area contributed by atoms with Crippen LogP contribution in [-0.4, -0.2) is 54.9 Å². The summed E-state index contributed by atoms with van der Waals surface area (Å²) < 4.78 is 10.8. The normalized spacial score (nSPS) is 16.5. The maximum Gasteiger partial charge on any atom is 0.309 e. The number of hydrogen-bond donors (Lipinski definition) is 1. The molecule has 0 amide bonds. The number of carbonyl (C=O) groups is 1. The van der Waals surface area contributed by atoms with Gasteiger partial charge >= 0.3 is 5.97 Å². The van der Waals surface area contributed by atoms with E-state index in [0.717, 1.165) is 37.2 Å². The van der Waals surface area contributed by atoms with E-state index in [1.54, 1.807) is 0 Å². The number of piperidine rings is 1. The molecule has 5 heteroatoms. The van der Waals surface area contributed by atoms with Gasteiger partial charge in [-0.2, -0.15) is 0 Å². The smallest absolute Gasteiger partial charge is 0.309 e. The first-order valence-corrected chi connectivity index (χ1v) is 10.0. The molecule has 1 aliphatic heterocycles. The van der Waals surface area contributed by atoms with Crippen molar-refractivity contribution in [1.82, 2.24) is 4.90 Å². The van der Waals surface area contributed by atoms with Gasteiger partial charge in [-0.05, 0) is 56.1 Å². The minimum absolute atomic E-state index is 0.00674. The number of ether oxygens (including phenoxy) is 2. The van der Waals surface area contributed by atoms with Gasteiger partial charge in [0.05, 0.1) is 12.5 Å². The second-order valence-electron chi connectivity index (χ2n) is 7.18. The molecule has 2 aromatic rings. The lowest BCUT2D eigenvalue weighted by Crippen LogP contribution is -2.42. The zero-order valence-corrected chi connectivity index (χ0v) is 16.4. The Bertz CT molecular complexity index is 724. The molecule has 0 aliphatic carbocycles. The van der Waals surface area contributed by atoms with Crippen molar-refractivity contribution in [3.8, 4) is 16.9 Å². The molecule has 1 heterocycles. The van der Waals surface area contributed by atoms with Gasteiger partial charge in [0.25, 0.3) is 0 Å². The van der Waals surface area contributed by atoms with E-state index >= 15 is 0 Å². The van der Waals surface area contributed by atoms with Crippen LogP contribution in [0.3, 0.4) is 0 Å². The monoisotopic (exact) mass is 383 g/mol. The molecule has 150 valence electrons. The van der Waals surface area contributed by atoms with Crippen molar-refractivity contribution in [1.29, 1.82) is 0 Å². The Morgan fingerprint density at radius 3 is 2.36 bits per heavy atom. The summed E-state index contributed by atoms with van der Waals surface area (Å²) in [4.78, 5) is 14.0. The number of rotatable bonds is 8. The van der Waals surface area contributed by atoms with Crippen molar-refractivity contribution >= 4 is 5.97 Å². The molecule has 3 rings (SSSR count). The number of carbonyl (C=O) groups excluding carboxylic acids is 1. The summed E-state index contributed by atoms with van der Waals surface area (Å²) in [5.74, 6) is 0.650. The van der Waals surface area contributed by atoms with Gasteiger partial charge in [-0.25, -0.2) is 0 Å². The third kappa shape index (κ3) is 5.81. The maximum absolute atomic E-state index is 11.8. The minimum atomic E-state index is -0.562. The third-order valence-corrected chi connectivity index (χ3v) is 5.08. The first-order valence-electron chi connectivity index (χ1n) is 10.0. The molecule has 0 radical (unpaired) electrons. The van der Waals surface area contributed by atoms with Crippen molar-refractivity contribution in [2.75, 3.05) is 32.8 Å². The molecule has 0 saturated carbocycles. The molecule has 1 fully saturated rings. The summed E-state index contributed by atoms with van der Waals surface area (Å²) in [5, 5.41) is 10.3. The predicted octanol–water partition coefficient (Wildman–Crippen LogP) is 3.37. The van der Waals surface area contributed by atoms with E-state index < -0.39 is 6.10 Å². The maximum atomic E-state index is 11.8. The van der Waals surface area contributed by atoms with Gasteiger partial charge in [0.1, 0.15) is 18.5 Å². The Morgan fingerprint density at radius 1 is 1.07 bits per heavy atom. The second-order valence-corrected chi connectivity index (χ2v) is 7.18. The Balaban J connectivity index is 1.40. The average Bonchev–Trinajstić information content (AvgIpc) is 2.74. The first-order chi connectivity index (χ1) is 13.7. The van der Waals surface area contributed by atoms with Crippen molar-refractivity contribution in [2.45, 2.75) is 25.9 Å². The highest BCUT2D eigenvalue weighted by Crippen LogP contribution is 2.22. The van der Waals surface area contributed by atoms with Gasteiger partial charge in [-0.3, -0.25) is 4.79 Å². The number of β-amino-alcohol motifs (C(OH)–C–C–N with tert-alkyl or cyclic N) is 1. The number of hydrogen-bond acceptors (Lipinski definition) is 5. The van der Waals surface area contributed by atoms with Crippen LogP contribution in [0.25, 0.3) is 11.1 Å². The van der Waals surface area contributed by atoms with Crippen molar-refractivity contribution in [2.24, 2.45) is 5.92 Å². The summed E-state index contributed by atoms with van der Waals surface area (Å²) in [5.41, 5.74) is 2.30. The van der Waals surface area contributed by atoms with E-state index in [2.05, 4.69) is 17.0 Å². The Kier molecular flexibility index (Phi) is 7.46. The third-order valence-electron chi connectivity index (χ3n) is 5.08. The van der Waals surface area contributed by atoms with Crippen LogP contribution in [0.4, 0.5) is 0 Å². The van der Waals surface area contributed by atoms with Crippen LogP contribution in [0.15, 0.2) is 54.6 Å². The molecule has 1 saturated heterocycles. The predicted molar refractivity (Wildman–Crippen MR) is 109 cm³/mol. The number of likely N-dealkylation sites (tertiary alicyclic amines) is 1. The lowest BCUT2D eigenvalue weighted by molar-refractivity contribution is -0.149. The SMILES string of the molecule is CCOC(=O)C1CCN(C[C@@H](O)COc2ccc(-c3ccccc3)cc2)CC1. The molecule has 2 aromatic carbocycles. The van der Waals surface area contributed by atoms with Gasteiger partial charge in [-0.1, -0.05) is 42.5 Å². The van der Waals surface area contributed by atoms with Crippen LogP contribution in [0, 0.1) is 5.92 Å². The summed E-state index contributed by atoms with van der Waals surface area (Å²) in [7, 11) is 0. The Morgan fingerprint density at radius 2 is 1.71 bits per heavy atom. The number of benzene rings is 2. The zero-order chi connectivity index (χ0) is 19.8. The van der Waals surface area contributed by atoms with E-state index in [-0.39, 0.29) is 18.5 Å². The molecular formula is C23H29NO4. The standard InChI is InChI=1S/C23H29NO4/c1-2-27-23(26)20-12-14-24(15-13-20)16-21(25)17-28-22-10-8-19(9-11-22)18-6-4-3-5-7-18/h3-11,20-21,25H,2,12-17H2,1H3/t21-/m1/s1. The van der Waals surface area contributed by atoms with E-state index in [4.69, 9.17) is 9.47 Å². The fourth-order valence-corrected chi connectivity index (χ4v) is 3.53. The van der Waals surface area contributed by atoms with Crippen LogP contribution in [-0.2, 0) is 9.53 Å². The molecular weight excluding hydrogens is 354 g/mol. The zero-order valence-electron chi connectivity index (χ0n) is 16.4. The van der Waals surface area contributed by atoms with E-state index in [9.17, 15) is 9.90 Å². The minimum Gasteiger partial charge on any atom is -0.491 e. The second kappa shape index (κ2) is 10.2. The lowest BCUT2D eigenvalue weighted by atomic mass is 9.97. The van der Waals surface area contributed by atoms with E-state index in [1.165, 1.54) is 5.56 Å². The number of aliphatic hydroxyl groups is 1. The van der Waals surface area contributed by atoms with Gasteiger partial charge in [0.15, 0.2) is 0 Å². The van der Waals surface area contributed by atoms with Crippen molar-refractivity contribution in [3.63, 3.8) is 0 Å². The molecule has 1 atom stereocenters. The molecule has 0 aromatic heterocycles. The largest absolute Gasteiger partial charge is 0.491 e. The first kappa shape index (κ1) is 20.4. The highest BCUT2D eigenvalue weighted by molar-refractivity contribution is 5.72. The van der Waals surface area contributed by atoms with Crippen LogP contribution < -0.4 is 4.74 Å². The number of esters is 1. The molecule has 1 N–H and O–H groups in total. The molecule has 0 spiro atoms. The molecule has 0 unspecified atom stereocenters. The fraction of sp³-hybridized carbons (Fsp3) is 0.435. The Hall–Kier alpha value is -2.37. The van der Waals surface area contributed by atoms with E-state index in [0.29, 0.717) is 13.2 Å². The van der Waals surface area contributed by atoms with Gasteiger partial charge in [-0.15, -0.1) is 0 Å². The summed E-state index contributed by atoms with van der Waals surface area (Å²) in [6, 6.07) is 18.1.